The summed E-state index contributed by atoms with van der Waals surface area (Å²) in [6.45, 7) is 3.76. The summed E-state index contributed by atoms with van der Waals surface area (Å²) in [5.41, 5.74) is -0.203. The molecule has 2 rings (SSSR count). The van der Waals surface area contributed by atoms with Crippen molar-refractivity contribution in [3.63, 3.8) is 0 Å². The average Bonchev–Trinajstić information content (AvgIpc) is 2.96. The van der Waals surface area contributed by atoms with Gasteiger partial charge in [-0.25, -0.2) is 13.1 Å². The van der Waals surface area contributed by atoms with Crippen LogP contribution in [0, 0.1) is 10.1 Å². The molecule has 1 fully saturated rings. The summed E-state index contributed by atoms with van der Waals surface area (Å²) in [7, 11) is -1.80. The van der Waals surface area contributed by atoms with Gasteiger partial charge in [0.15, 0.2) is 5.00 Å². The Morgan fingerprint density at radius 3 is 2.81 bits per heavy atom. The number of rotatable bonds is 6. The summed E-state index contributed by atoms with van der Waals surface area (Å²) >= 11 is 0.887. The Morgan fingerprint density at radius 1 is 1.57 bits per heavy atom. The van der Waals surface area contributed by atoms with E-state index in [9.17, 15) is 18.5 Å². The highest BCUT2D eigenvalue weighted by Crippen LogP contribution is 2.37. The van der Waals surface area contributed by atoms with Gasteiger partial charge in [-0.15, -0.1) is 0 Å². The second kappa shape index (κ2) is 6.26. The van der Waals surface area contributed by atoms with E-state index in [4.69, 9.17) is 0 Å². The maximum atomic E-state index is 12.3. The van der Waals surface area contributed by atoms with Gasteiger partial charge in [0.1, 0.15) is 4.21 Å². The summed E-state index contributed by atoms with van der Waals surface area (Å²) in [6.07, 6.45) is 0.739. The lowest BCUT2D eigenvalue weighted by Crippen LogP contribution is -2.36. The number of nitro groups is 1. The first-order valence-corrected chi connectivity index (χ1v) is 8.86. The van der Waals surface area contributed by atoms with Crippen LogP contribution in [0.3, 0.4) is 0 Å². The smallest absolute Gasteiger partial charge is 0.304 e. The Morgan fingerprint density at radius 2 is 2.29 bits per heavy atom. The molecule has 0 saturated carbocycles. The molecule has 1 atom stereocenters. The van der Waals surface area contributed by atoms with Gasteiger partial charge in [0.2, 0.25) is 0 Å². The summed E-state index contributed by atoms with van der Waals surface area (Å²) in [5, 5.41) is 14.1. The number of nitrogens with zero attached hydrogens (tertiary/aromatic N) is 2. The van der Waals surface area contributed by atoms with E-state index in [1.807, 2.05) is 11.9 Å². The Labute approximate surface area is 127 Å². The third-order valence-electron chi connectivity index (χ3n) is 3.20. The molecule has 8 nitrogen and oxygen atoms in total. The van der Waals surface area contributed by atoms with Crippen molar-refractivity contribution in [2.45, 2.75) is 23.6 Å². The van der Waals surface area contributed by atoms with Crippen LogP contribution in [0.25, 0.3) is 0 Å². The first-order chi connectivity index (χ1) is 9.83. The highest BCUT2D eigenvalue weighted by atomic mass is 32.2. The number of thiophene rings is 1. The van der Waals surface area contributed by atoms with Crippen molar-refractivity contribution in [3.8, 4) is 0 Å². The van der Waals surface area contributed by atoms with Crippen molar-refractivity contribution < 1.29 is 13.3 Å². The highest BCUT2D eigenvalue weighted by molar-refractivity contribution is 7.91. The summed E-state index contributed by atoms with van der Waals surface area (Å²) in [6, 6.07) is 0.965. The first kappa shape index (κ1) is 16.1. The molecule has 0 bridgehead atoms. The molecule has 1 saturated heterocycles. The molecule has 0 spiro atoms. The predicted octanol–water partition coefficient (Wildman–Crippen LogP) is 1.07. The number of hydrogen-bond acceptors (Lipinski definition) is 7. The summed E-state index contributed by atoms with van der Waals surface area (Å²) in [4.78, 5) is 12.4. The molecule has 1 unspecified atom stereocenters. The van der Waals surface area contributed by atoms with Gasteiger partial charge in [0.05, 0.1) is 4.92 Å². The highest BCUT2D eigenvalue weighted by Gasteiger charge is 2.30. The Bertz CT molecular complexity index is 628. The minimum absolute atomic E-state index is 0.0281. The van der Waals surface area contributed by atoms with Crippen LogP contribution in [-0.2, 0) is 10.0 Å². The van der Waals surface area contributed by atoms with Gasteiger partial charge in [0.25, 0.3) is 10.0 Å². The fraction of sp³-hybridized carbons (Fsp3) is 0.636. The third kappa shape index (κ3) is 3.70. The van der Waals surface area contributed by atoms with Crippen LogP contribution in [0.4, 0.5) is 10.7 Å². The quantitative estimate of drug-likeness (QED) is 0.595. The minimum Gasteiger partial charge on any atom is -0.372 e. The van der Waals surface area contributed by atoms with Gasteiger partial charge in [0, 0.05) is 25.2 Å². The minimum atomic E-state index is -3.72. The molecule has 0 aromatic carbocycles. The lowest BCUT2D eigenvalue weighted by atomic mass is 10.3. The van der Waals surface area contributed by atoms with Crippen molar-refractivity contribution in [2.24, 2.45) is 0 Å². The van der Waals surface area contributed by atoms with E-state index in [0.717, 1.165) is 30.4 Å². The van der Waals surface area contributed by atoms with Crippen LogP contribution in [0.15, 0.2) is 10.3 Å². The van der Waals surface area contributed by atoms with Crippen LogP contribution in [0.5, 0.6) is 0 Å². The molecular weight excluding hydrogens is 316 g/mol. The second-order valence-corrected chi connectivity index (χ2v) is 7.93. The topological polar surface area (TPSA) is 105 Å². The molecule has 21 heavy (non-hydrogen) atoms. The van der Waals surface area contributed by atoms with Crippen LogP contribution in [0.2, 0.25) is 0 Å². The molecular formula is C11H18N4O4S2. The summed E-state index contributed by atoms with van der Waals surface area (Å²) < 4.78 is 27.2. The zero-order valence-electron chi connectivity index (χ0n) is 11.8. The molecule has 0 radical (unpaired) electrons. The molecule has 0 amide bonds. The molecule has 1 aromatic heterocycles. The Hall–Kier alpha value is -1.23. The zero-order valence-corrected chi connectivity index (χ0v) is 13.5. The fourth-order valence-electron chi connectivity index (χ4n) is 2.22. The number of hydrogen-bond donors (Lipinski definition) is 2. The molecule has 0 aliphatic carbocycles. The van der Waals surface area contributed by atoms with Gasteiger partial charge in [-0.3, -0.25) is 10.1 Å². The monoisotopic (exact) mass is 334 g/mol. The molecule has 10 heteroatoms. The number of likely N-dealkylation sites (N-methyl/N-ethyl adjacent to an activating group) is 1. The third-order valence-corrected chi connectivity index (χ3v) is 6.28. The van der Waals surface area contributed by atoms with E-state index in [0.29, 0.717) is 13.1 Å². The molecule has 1 aliphatic rings. The van der Waals surface area contributed by atoms with Crippen molar-refractivity contribution in [3.05, 3.63) is 16.2 Å². The Balaban J connectivity index is 2.23. The molecule has 2 heterocycles. The van der Waals surface area contributed by atoms with Crippen LogP contribution < -0.4 is 10.0 Å². The lowest BCUT2D eigenvalue weighted by molar-refractivity contribution is -0.383. The Kier molecular flexibility index (Phi) is 4.81. The van der Waals surface area contributed by atoms with E-state index in [2.05, 4.69) is 10.0 Å². The van der Waals surface area contributed by atoms with E-state index in [1.54, 1.807) is 6.92 Å². The van der Waals surface area contributed by atoms with Gasteiger partial charge < -0.3 is 10.2 Å². The zero-order chi connectivity index (χ0) is 15.6. The number of nitrogens with one attached hydrogen (secondary N) is 2. The van der Waals surface area contributed by atoms with Crippen molar-refractivity contribution in [1.82, 2.24) is 9.62 Å². The van der Waals surface area contributed by atoms with Crippen molar-refractivity contribution >= 4 is 32.0 Å². The van der Waals surface area contributed by atoms with E-state index in [-0.39, 0.29) is 20.9 Å². The van der Waals surface area contributed by atoms with Crippen molar-refractivity contribution in [1.29, 1.82) is 0 Å². The largest absolute Gasteiger partial charge is 0.372 e. The van der Waals surface area contributed by atoms with Crippen LogP contribution in [-0.4, -0.2) is 51.0 Å². The predicted molar refractivity (Wildman–Crippen MR) is 81.4 cm³/mol. The maximum Gasteiger partial charge on any atom is 0.304 e. The average molecular weight is 334 g/mol. The van der Waals surface area contributed by atoms with Gasteiger partial charge in [-0.1, -0.05) is 11.3 Å². The van der Waals surface area contributed by atoms with Gasteiger partial charge in [-0.2, -0.15) is 0 Å². The standard InChI is InChI=1S/C11H18N4O4S2/c1-3-12-11-9(15(16)17)6-10(20-11)21(18,19)13-8-4-5-14(2)7-8/h6,8,12-13H,3-5,7H2,1-2H3. The SMILES string of the molecule is CCNc1sc(S(=O)(=O)NC2CCN(C)C2)cc1[N+](=O)[O-]. The lowest BCUT2D eigenvalue weighted by Gasteiger charge is -2.11. The van der Waals surface area contributed by atoms with E-state index < -0.39 is 14.9 Å². The maximum absolute atomic E-state index is 12.3. The van der Waals surface area contributed by atoms with Gasteiger partial charge >= 0.3 is 5.69 Å². The van der Waals surface area contributed by atoms with Crippen LogP contribution in [0.1, 0.15) is 13.3 Å². The molecule has 2 N–H and O–H groups in total. The van der Waals surface area contributed by atoms with Crippen molar-refractivity contribution in [2.75, 3.05) is 32.0 Å². The fourth-order valence-corrected chi connectivity index (χ4v) is 4.90. The van der Waals surface area contributed by atoms with Gasteiger partial charge in [-0.05, 0) is 26.9 Å². The number of likely N-dealkylation sites (tertiary alicyclic amines) is 1. The second-order valence-electron chi connectivity index (χ2n) is 4.94. The van der Waals surface area contributed by atoms with E-state index in [1.165, 1.54) is 0 Å². The normalized spacial score (nSPS) is 19.8. The molecule has 1 aromatic rings. The number of sulfonamides is 1. The molecule has 118 valence electrons. The molecule has 1 aliphatic heterocycles. The first-order valence-electron chi connectivity index (χ1n) is 6.56. The summed E-state index contributed by atoms with van der Waals surface area (Å²) in [5.74, 6) is 0. The van der Waals surface area contributed by atoms with Crippen LogP contribution >= 0.6 is 11.3 Å². The van der Waals surface area contributed by atoms with E-state index >= 15 is 0 Å². The number of anilines is 1.